The first-order valence-electron chi connectivity index (χ1n) is 12.1. The first kappa shape index (κ1) is 24.0. The van der Waals surface area contributed by atoms with Crippen LogP contribution in [0.25, 0.3) is 0 Å². The average Bonchev–Trinajstić information content (AvgIpc) is 3.38. The van der Waals surface area contributed by atoms with Gasteiger partial charge in [-0.25, -0.2) is 14.6 Å². The fraction of sp³-hybridized carbons (Fsp3) is 0.462. The van der Waals surface area contributed by atoms with Crippen molar-refractivity contribution in [3.8, 4) is 11.8 Å². The zero-order chi connectivity index (χ0) is 25.6. The second-order valence-electron chi connectivity index (χ2n) is 9.73. The normalized spacial score (nSPS) is 24.0. The Balaban J connectivity index is 1.32. The molecule has 36 heavy (non-hydrogen) atoms. The summed E-state index contributed by atoms with van der Waals surface area (Å²) in [6, 6.07) is 7.83. The molecule has 2 fully saturated rings. The van der Waals surface area contributed by atoms with Gasteiger partial charge in [0.25, 0.3) is 0 Å². The number of amides is 2. The fourth-order valence-electron chi connectivity index (χ4n) is 5.51. The first-order chi connectivity index (χ1) is 17.3. The molecule has 188 valence electrons. The third-order valence-corrected chi connectivity index (χ3v) is 7.45. The van der Waals surface area contributed by atoms with Gasteiger partial charge in [-0.05, 0) is 31.0 Å². The van der Waals surface area contributed by atoms with Gasteiger partial charge < -0.3 is 19.7 Å². The van der Waals surface area contributed by atoms with Crippen molar-refractivity contribution in [2.24, 2.45) is 0 Å². The molecular weight excluding hydrogens is 460 g/mol. The molecule has 0 saturated carbocycles. The molecule has 3 aliphatic heterocycles. The number of pyridine rings is 1. The maximum Gasteiger partial charge on any atom is 0.338 e. The highest BCUT2D eigenvalue weighted by Crippen LogP contribution is 2.32. The molecule has 4 heterocycles. The minimum atomic E-state index is -0.251. The molecule has 2 amide bonds. The van der Waals surface area contributed by atoms with Crippen LogP contribution in [0.5, 0.6) is 5.75 Å². The standard InChI is InChI=1S/C26H30N6O4/c1-15-10-31(13-22(29-15)19-5-6-20-21(16(19)2)14-36-25(20)33)11-18-12-32(26(34)30(18)3)24-7-23(35-4)17(8-27)9-28-24/h5-7,9,15,18,22,29H,10-14H2,1-4H3/t15-,18?,22-/m0/s1. The molecule has 1 unspecified atom stereocenters. The van der Waals surface area contributed by atoms with Crippen LogP contribution in [0.15, 0.2) is 24.4 Å². The van der Waals surface area contributed by atoms with Crippen LogP contribution in [0, 0.1) is 18.3 Å². The van der Waals surface area contributed by atoms with Gasteiger partial charge in [-0.3, -0.25) is 9.80 Å². The zero-order valence-electron chi connectivity index (χ0n) is 20.9. The van der Waals surface area contributed by atoms with E-state index in [0.29, 0.717) is 35.8 Å². The molecule has 5 rings (SSSR count). The Morgan fingerprint density at radius 2 is 2.08 bits per heavy atom. The van der Waals surface area contributed by atoms with Crippen molar-refractivity contribution < 1.29 is 19.1 Å². The number of carbonyl (C=O) groups excluding carboxylic acids is 2. The lowest BCUT2D eigenvalue weighted by Gasteiger charge is -2.40. The van der Waals surface area contributed by atoms with E-state index < -0.39 is 0 Å². The highest BCUT2D eigenvalue weighted by atomic mass is 16.5. The van der Waals surface area contributed by atoms with Gasteiger partial charge in [0.05, 0.1) is 31.5 Å². The highest BCUT2D eigenvalue weighted by molar-refractivity contribution is 5.94. The molecule has 2 saturated heterocycles. The number of nitriles is 1. The number of cyclic esters (lactones) is 1. The van der Waals surface area contributed by atoms with E-state index in [-0.39, 0.29) is 30.1 Å². The summed E-state index contributed by atoms with van der Waals surface area (Å²) in [7, 11) is 3.31. The van der Waals surface area contributed by atoms with E-state index in [4.69, 9.17) is 9.47 Å². The molecule has 2 aromatic rings. The van der Waals surface area contributed by atoms with E-state index in [1.54, 1.807) is 15.9 Å². The van der Waals surface area contributed by atoms with Crippen LogP contribution in [-0.2, 0) is 11.3 Å². The summed E-state index contributed by atoms with van der Waals surface area (Å²) in [5.41, 5.74) is 4.25. The number of anilines is 1. The topological polar surface area (TPSA) is 111 Å². The second kappa shape index (κ2) is 9.41. The van der Waals surface area contributed by atoms with Crippen LogP contribution >= 0.6 is 0 Å². The Kier molecular flexibility index (Phi) is 6.28. The number of carbonyl (C=O) groups is 2. The molecular formula is C26H30N6O4. The van der Waals surface area contributed by atoms with E-state index in [0.717, 1.165) is 30.8 Å². The summed E-state index contributed by atoms with van der Waals surface area (Å²) in [6.45, 7) is 7.43. The van der Waals surface area contributed by atoms with Crippen LogP contribution in [0.1, 0.15) is 45.6 Å². The Morgan fingerprint density at radius 3 is 2.83 bits per heavy atom. The lowest BCUT2D eigenvalue weighted by atomic mass is 9.92. The third kappa shape index (κ3) is 4.14. The Morgan fingerprint density at radius 1 is 1.28 bits per heavy atom. The van der Waals surface area contributed by atoms with Crippen LogP contribution < -0.4 is 15.0 Å². The largest absolute Gasteiger partial charge is 0.495 e. The molecule has 10 heteroatoms. The molecule has 3 aliphatic rings. The van der Waals surface area contributed by atoms with Gasteiger partial charge in [0.2, 0.25) is 0 Å². The lowest BCUT2D eigenvalue weighted by molar-refractivity contribution is 0.0535. The SMILES string of the molecule is COc1cc(N2CC(CN3C[C@@H](c4ccc5c(c4C)COC5=O)N[C@@H](C)C3)N(C)C2=O)ncc1C#N. The predicted octanol–water partition coefficient (Wildman–Crippen LogP) is 2.22. The molecule has 3 atom stereocenters. The Hall–Kier alpha value is -3.68. The number of hydrogen-bond acceptors (Lipinski definition) is 8. The van der Waals surface area contributed by atoms with Crippen molar-refractivity contribution in [1.82, 2.24) is 20.1 Å². The van der Waals surface area contributed by atoms with E-state index in [9.17, 15) is 14.9 Å². The van der Waals surface area contributed by atoms with E-state index in [1.165, 1.54) is 18.9 Å². The Bertz CT molecular complexity index is 1260. The van der Waals surface area contributed by atoms with Crippen molar-refractivity contribution in [2.45, 2.75) is 38.6 Å². The van der Waals surface area contributed by atoms with Gasteiger partial charge in [-0.2, -0.15) is 5.26 Å². The van der Waals surface area contributed by atoms with Crippen LogP contribution in [0.2, 0.25) is 0 Å². The zero-order valence-corrected chi connectivity index (χ0v) is 20.9. The van der Waals surface area contributed by atoms with Crippen molar-refractivity contribution in [3.63, 3.8) is 0 Å². The smallest absolute Gasteiger partial charge is 0.338 e. The third-order valence-electron chi connectivity index (χ3n) is 7.45. The van der Waals surface area contributed by atoms with Crippen LogP contribution in [-0.4, -0.2) is 79.2 Å². The van der Waals surface area contributed by atoms with Gasteiger partial charge in [0.1, 0.15) is 29.8 Å². The van der Waals surface area contributed by atoms with Gasteiger partial charge in [0.15, 0.2) is 0 Å². The van der Waals surface area contributed by atoms with Crippen molar-refractivity contribution >= 4 is 17.8 Å². The molecule has 0 radical (unpaired) electrons. The van der Waals surface area contributed by atoms with Gasteiger partial charge in [-0.1, -0.05) is 6.07 Å². The number of aromatic nitrogens is 1. The maximum atomic E-state index is 13.1. The van der Waals surface area contributed by atoms with Gasteiger partial charge in [0, 0.05) is 50.4 Å². The molecule has 0 aliphatic carbocycles. The summed E-state index contributed by atoms with van der Waals surface area (Å²) in [5, 5.41) is 12.9. The number of esters is 1. The van der Waals surface area contributed by atoms with Gasteiger partial charge in [-0.15, -0.1) is 0 Å². The number of fused-ring (bicyclic) bond motifs is 1. The molecule has 1 aromatic heterocycles. The van der Waals surface area contributed by atoms with E-state index in [2.05, 4.69) is 35.1 Å². The maximum absolute atomic E-state index is 13.1. The quantitative estimate of drug-likeness (QED) is 0.635. The lowest BCUT2D eigenvalue weighted by Crippen LogP contribution is -2.54. The average molecular weight is 491 g/mol. The minimum Gasteiger partial charge on any atom is -0.495 e. The first-order valence-corrected chi connectivity index (χ1v) is 12.1. The highest BCUT2D eigenvalue weighted by Gasteiger charge is 2.39. The van der Waals surface area contributed by atoms with Crippen molar-refractivity contribution in [2.75, 3.05) is 45.2 Å². The van der Waals surface area contributed by atoms with E-state index in [1.807, 2.05) is 19.2 Å². The molecule has 10 nitrogen and oxygen atoms in total. The van der Waals surface area contributed by atoms with Crippen molar-refractivity contribution in [3.05, 3.63) is 52.2 Å². The summed E-state index contributed by atoms with van der Waals surface area (Å²) < 4.78 is 10.5. The van der Waals surface area contributed by atoms with Crippen LogP contribution in [0.4, 0.5) is 10.6 Å². The van der Waals surface area contributed by atoms with Gasteiger partial charge >= 0.3 is 12.0 Å². The number of ether oxygens (including phenoxy) is 2. The number of benzene rings is 1. The fourth-order valence-corrected chi connectivity index (χ4v) is 5.51. The number of urea groups is 1. The van der Waals surface area contributed by atoms with Crippen molar-refractivity contribution in [1.29, 1.82) is 5.26 Å². The monoisotopic (exact) mass is 490 g/mol. The number of likely N-dealkylation sites (N-methyl/N-ethyl adjacent to an activating group) is 1. The number of nitrogens with zero attached hydrogens (tertiary/aromatic N) is 5. The Labute approximate surface area is 210 Å². The second-order valence-corrected chi connectivity index (χ2v) is 9.73. The van der Waals surface area contributed by atoms with E-state index >= 15 is 0 Å². The number of piperazine rings is 1. The molecule has 0 spiro atoms. The number of hydrogen-bond donors (Lipinski definition) is 1. The number of methoxy groups -OCH3 is 1. The number of nitrogens with one attached hydrogen (secondary N) is 1. The summed E-state index contributed by atoms with van der Waals surface area (Å²) >= 11 is 0. The number of rotatable bonds is 5. The molecule has 1 N–H and O–H groups in total. The summed E-state index contributed by atoms with van der Waals surface area (Å²) in [5.74, 6) is 0.624. The summed E-state index contributed by atoms with van der Waals surface area (Å²) in [6.07, 6.45) is 1.44. The predicted molar refractivity (Wildman–Crippen MR) is 132 cm³/mol. The van der Waals surface area contributed by atoms with Crippen LogP contribution in [0.3, 0.4) is 0 Å². The molecule has 0 bridgehead atoms. The summed E-state index contributed by atoms with van der Waals surface area (Å²) in [4.78, 5) is 35.2. The minimum absolute atomic E-state index is 0.0148. The molecule has 1 aromatic carbocycles.